The Morgan fingerprint density at radius 2 is 1.90 bits per heavy atom. The molecule has 0 aromatic heterocycles. The molecule has 0 radical (unpaired) electrons. The van der Waals surface area contributed by atoms with Gasteiger partial charge in [-0.15, -0.1) is 12.4 Å². The van der Waals surface area contributed by atoms with Crippen molar-refractivity contribution in [3.05, 3.63) is 35.4 Å². The van der Waals surface area contributed by atoms with Crippen molar-refractivity contribution in [1.29, 1.82) is 0 Å². The number of benzene rings is 1. The van der Waals surface area contributed by atoms with Gasteiger partial charge < -0.3 is 10.6 Å². The lowest BCUT2D eigenvalue weighted by Crippen LogP contribution is -2.43. The Morgan fingerprint density at radius 1 is 1.19 bits per heavy atom. The van der Waals surface area contributed by atoms with Crippen LogP contribution in [0.1, 0.15) is 30.7 Å². The van der Waals surface area contributed by atoms with Crippen LogP contribution in [0.3, 0.4) is 0 Å². The summed E-state index contributed by atoms with van der Waals surface area (Å²) in [5.41, 5.74) is 0.717. The van der Waals surface area contributed by atoms with Crippen LogP contribution in [0, 0.1) is 17.6 Å². The number of piperidine rings is 1. The van der Waals surface area contributed by atoms with E-state index < -0.39 is 11.6 Å². The molecule has 116 valence electrons. The van der Waals surface area contributed by atoms with Crippen LogP contribution in [0.2, 0.25) is 0 Å². The van der Waals surface area contributed by atoms with E-state index in [0.717, 1.165) is 44.0 Å². The van der Waals surface area contributed by atoms with Crippen LogP contribution in [0.15, 0.2) is 18.2 Å². The summed E-state index contributed by atoms with van der Waals surface area (Å²) in [5, 5.41) is 6.31. The van der Waals surface area contributed by atoms with E-state index in [-0.39, 0.29) is 36.2 Å². The van der Waals surface area contributed by atoms with Gasteiger partial charge in [0.15, 0.2) is 11.6 Å². The van der Waals surface area contributed by atoms with Gasteiger partial charge in [0.05, 0.1) is 0 Å². The van der Waals surface area contributed by atoms with Gasteiger partial charge in [-0.3, -0.25) is 4.79 Å². The molecular formula is C15H19ClF2N2O. The average Bonchev–Trinajstić information content (AvgIpc) is 3.23. The van der Waals surface area contributed by atoms with Crippen molar-refractivity contribution < 1.29 is 13.6 Å². The molecule has 1 amide bonds. The number of carbonyl (C=O) groups is 1. The van der Waals surface area contributed by atoms with E-state index in [1.54, 1.807) is 6.07 Å². The Labute approximate surface area is 128 Å². The number of amides is 1. The highest BCUT2D eigenvalue weighted by Crippen LogP contribution is 2.47. The number of nitrogens with one attached hydrogen (secondary N) is 2. The van der Waals surface area contributed by atoms with Crippen LogP contribution in [-0.2, 0) is 4.79 Å². The first-order valence-electron chi connectivity index (χ1n) is 7.11. The molecule has 3 rings (SSSR count). The van der Waals surface area contributed by atoms with Gasteiger partial charge in [0.1, 0.15) is 0 Å². The molecule has 21 heavy (non-hydrogen) atoms. The maximum absolute atomic E-state index is 13.2. The van der Waals surface area contributed by atoms with Crippen molar-refractivity contribution in [1.82, 2.24) is 10.6 Å². The fourth-order valence-electron chi connectivity index (χ4n) is 2.87. The maximum atomic E-state index is 13.2. The van der Waals surface area contributed by atoms with Crippen molar-refractivity contribution in [2.45, 2.75) is 31.2 Å². The molecule has 6 heteroatoms. The normalized spacial score (nSPS) is 25.0. The summed E-state index contributed by atoms with van der Waals surface area (Å²) in [6, 6.07) is 4.15. The first-order valence-corrected chi connectivity index (χ1v) is 7.11. The van der Waals surface area contributed by atoms with E-state index in [1.807, 2.05) is 0 Å². The van der Waals surface area contributed by atoms with Crippen LogP contribution in [0.4, 0.5) is 8.78 Å². The molecule has 1 saturated carbocycles. The van der Waals surface area contributed by atoms with Crippen molar-refractivity contribution in [3.8, 4) is 0 Å². The van der Waals surface area contributed by atoms with Crippen molar-refractivity contribution in [2.24, 2.45) is 5.92 Å². The van der Waals surface area contributed by atoms with E-state index >= 15 is 0 Å². The van der Waals surface area contributed by atoms with Gasteiger partial charge in [0.25, 0.3) is 0 Å². The SMILES string of the molecule is Cl.O=C(NC1CCNCC1)C1CC1c1ccc(F)c(F)c1. The summed E-state index contributed by atoms with van der Waals surface area (Å²) in [6.07, 6.45) is 2.63. The highest BCUT2D eigenvalue weighted by atomic mass is 35.5. The van der Waals surface area contributed by atoms with Gasteiger partial charge in [0.2, 0.25) is 5.91 Å². The molecule has 0 spiro atoms. The quantitative estimate of drug-likeness (QED) is 0.899. The fraction of sp³-hybridized carbons (Fsp3) is 0.533. The third-order valence-corrected chi connectivity index (χ3v) is 4.18. The maximum Gasteiger partial charge on any atom is 0.223 e. The first kappa shape index (κ1) is 16.2. The lowest BCUT2D eigenvalue weighted by atomic mass is 10.1. The van der Waals surface area contributed by atoms with Crippen LogP contribution < -0.4 is 10.6 Å². The summed E-state index contributed by atoms with van der Waals surface area (Å²) < 4.78 is 26.1. The van der Waals surface area contributed by atoms with E-state index in [9.17, 15) is 13.6 Å². The molecule has 1 aliphatic carbocycles. The third kappa shape index (κ3) is 3.71. The zero-order chi connectivity index (χ0) is 14.1. The Kier molecular flexibility index (Phi) is 5.17. The largest absolute Gasteiger partial charge is 0.353 e. The van der Waals surface area contributed by atoms with Gasteiger partial charge in [0, 0.05) is 12.0 Å². The van der Waals surface area contributed by atoms with Crippen LogP contribution in [-0.4, -0.2) is 25.0 Å². The Morgan fingerprint density at radius 3 is 2.57 bits per heavy atom. The van der Waals surface area contributed by atoms with E-state index in [4.69, 9.17) is 0 Å². The van der Waals surface area contributed by atoms with Crippen molar-refractivity contribution >= 4 is 18.3 Å². The van der Waals surface area contributed by atoms with Crippen LogP contribution in [0.5, 0.6) is 0 Å². The molecule has 2 fully saturated rings. The van der Waals surface area contributed by atoms with E-state index in [1.165, 1.54) is 6.07 Å². The van der Waals surface area contributed by atoms with Crippen LogP contribution in [0.25, 0.3) is 0 Å². The molecule has 1 heterocycles. The lowest BCUT2D eigenvalue weighted by Gasteiger charge is -2.23. The number of carbonyl (C=O) groups excluding carboxylic acids is 1. The predicted molar refractivity (Wildman–Crippen MR) is 78.5 cm³/mol. The molecule has 1 aromatic rings. The summed E-state index contributed by atoms with van der Waals surface area (Å²) in [7, 11) is 0. The van der Waals surface area contributed by atoms with Gasteiger partial charge in [-0.05, 0) is 56.0 Å². The average molecular weight is 317 g/mol. The second kappa shape index (κ2) is 6.71. The third-order valence-electron chi connectivity index (χ3n) is 4.18. The topological polar surface area (TPSA) is 41.1 Å². The summed E-state index contributed by atoms with van der Waals surface area (Å²) in [4.78, 5) is 12.1. The Hall–Kier alpha value is -1.20. The lowest BCUT2D eigenvalue weighted by molar-refractivity contribution is -0.123. The molecule has 2 N–H and O–H groups in total. The highest BCUT2D eigenvalue weighted by Gasteiger charge is 2.44. The summed E-state index contributed by atoms with van der Waals surface area (Å²) >= 11 is 0. The van der Waals surface area contributed by atoms with E-state index in [2.05, 4.69) is 10.6 Å². The van der Waals surface area contributed by atoms with Gasteiger partial charge >= 0.3 is 0 Å². The minimum Gasteiger partial charge on any atom is -0.353 e. The number of rotatable bonds is 3. The second-order valence-electron chi connectivity index (χ2n) is 5.66. The molecule has 1 aliphatic heterocycles. The van der Waals surface area contributed by atoms with Crippen LogP contribution >= 0.6 is 12.4 Å². The minimum absolute atomic E-state index is 0. The standard InChI is InChI=1S/C15H18F2N2O.ClH/c16-13-2-1-9(7-14(13)17)11-8-12(11)15(20)19-10-3-5-18-6-4-10;/h1-2,7,10-12,18H,3-6,8H2,(H,19,20);1H. The van der Waals surface area contributed by atoms with Crippen molar-refractivity contribution in [2.75, 3.05) is 13.1 Å². The molecule has 1 saturated heterocycles. The molecule has 2 unspecified atom stereocenters. The summed E-state index contributed by atoms with van der Waals surface area (Å²) in [6.45, 7) is 1.87. The minimum atomic E-state index is -0.842. The number of hydrogen-bond acceptors (Lipinski definition) is 2. The zero-order valence-corrected chi connectivity index (χ0v) is 12.4. The molecule has 2 aliphatic rings. The predicted octanol–water partition coefficient (Wildman–Crippen LogP) is 2.36. The van der Waals surface area contributed by atoms with Gasteiger partial charge in [-0.2, -0.15) is 0 Å². The highest BCUT2D eigenvalue weighted by molar-refractivity contribution is 5.85. The molecule has 1 aromatic carbocycles. The first-order chi connectivity index (χ1) is 9.65. The second-order valence-corrected chi connectivity index (χ2v) is 5.66. The number of hydrogen-bond donors (Lipinski definition) is 2. The fourth-order valence-corrected chi connectivity index (χ4v) is 2.87. The van der Waals surface area contributed by atoms with E-state index in [0.29, 0.717) is 0 Å². The monoisotopic (exact) mass is 316 g/mol. The molecular weight excluding hydrogens is 298 g/mol. The summed E-state index contributed by atoms with van der Waals surface area (Å²) in [5.74, 6) is -1.69. The van der Waals surface area contributed by atoms with Crippen molar-refractivity contribution in [3.63, 3.8) is 0 Å². The Balaban J connectivity index is 0.00000161. The molecule has 3 nitrogen and oxygen atoms in total. The van der Waals surface area contributed by atoms with Gasteiger partial charge in [-0.1, -0.05) is 6.07 Å². The molecule has 0 bridgehead atoms. The van der Waals surface area contributed by atoms with Gasteiger partial charge in [-0.25, -0.2) is 8.78 Å². The zero-order valence-electron chi connectivity index (χ0n) is 11.6. The molecule has 2 atom stereocenters. The smallest absolute Gasteiger partial charge is 0.223 e. The Bertz CT molecular complexity index is 520. The number of halogens is 3.